The van der Waals surface area contributed by atoms with E-state index in [1.807, 2.05) is 28.2 Å². The zero-order valence-corrected chi connectivity index (χ0v) is 18.0. The Hall–Kier alpha value is -1.67. The Bertz CT molecular complexity index is 713. The van der Waals surface area contributed by atoms with E-state index in [-0.39, 0.29) is 18.0 Å². The summed E-state index contributed by atoms with van der Waals surface area (Å²) < 4.78 is 0. The third-order valence-corrected chi connectivity index (χ3v) is 8.19. The molecule has 2 aliphatic heterocycles. The van der Waals surface area contributed by atoms with Crippen LogP contribution in [-0.2, 0) is 17.6 Å². The number of piperidine rings is 1. The van der Waals surface area contributed by atoms with Gasteiger partial charge < -0.3 is 20.2 Å². The second-order valence-corrected chi connectivity index (χ2v) is 9.79. The number of carboxylic acid groups (broad SMARTS) is 1. The molecule has 2 N–H and O–H groups in total. The fraction of sp³-hybridized carbons (Fsp3) is 0.762. The quantitative estimate of drug-likeness (QED) is 0.785. The van der Waals surface area contributed by atoms with Crippen LogP contribution in [0.3, 0.4) is 0 Å². The second-order valence-electron chi connectivity index (χ2n) is 8.67. The first-order valence-corrected chi connectivity index (χ1v) is 11.8. The maximum absolute atomic E-state index is 13.0. The molecule has 0 spiro atoms. The number of urea groups is 1. The van der Waals surface area contributed by atoms with Crippen molar-refractivity contribution in [3.05, 3.63) is 15.6 Å². The second kappa shape index (κ2) is 9.00. The lowest BCUT2D eigenvalue weighted by molar-refractivity contribution is -0.143. The van der Waals surface area contributed by atoms with Gasteiger partial charge in [0, 0.05) is 56.5 Å². The Balaban J connectivity index is 1.29. The molecule has 1 aliphatic carbocycles. The molecule has 2 fully saturated rings. The molecule has 8 heteroatoms. The highest BCUT2D eigenvalue weighted by Gasteiger charge is 2.33. The smallest absolute Gasteiger partial charge is 0.319 e. The lowest BCUT2D eigenvalue weighted by Crippen LogP contribution is -2.49. The number of amides is 2. The molecule has 0 aromatic carbocycles. The van der Waals surface area contributed by atoms with Crippen molar-refractivity contribution in [1.29, 1.82) is 0 Å². The van der Waals surface area contributed by atoms with E-state index >= 15 is 0 Å². The van der Waals surface area contributed by atoms with Crippen LogP contribution in [0, 0.1) is 5.92 Å². The summed E-state index contributed by atoms with van der Waals surface area (Å²) in [4.78, 5) is 34.3. The minimum atomic E-state index is -0.699. The predicted octanol–water partition coefficient (Wildman–Crippen LogP) is 2.71. The number of nitrogens with one attached hydrogen (secondary N) is 1. The third-order valence-electron chi connectivity index (χ3n) is 6.87. The van der Waals surface area contributed by atoms with Gasteiger partial charge in [-0.15, -0.1) is 11.3 Å². The van der Waals surface area contributed by atoms with Gasteiger partial charge in [0.2, 0.25) is 0 Å². The third kappa shape index (κ3) is 4.58. The topological polar surface area (TPSA) is 85.8 Å². The van der Waals surface area contributed by atoms with Gasteiger partial charge in [0.25, 0.3) is 0 Å². The molecule has 160 valence electrons. The fourth-order valence-corrected chi connectivity index (χ4v) is 6.19. The Morgan fingerprint density at radius 2 is 1.79 bits per heavy atom. The molecular formula is C21H32N4O3S. The van der Waals surface area contributed by atoms with Crippen LogP contribution in [-0.4, -0.2) is 71.2 Å². The van der Waals surface area contributed by atoms with E-state index in [2.05, 4.69) is 5.32 Å². The first kappa shape index (κ1) is 20.6. The Labute approximate surface area is 176 Å². The molecule has 0 unspecified atom stereocenters. The van der Waals surface area contributed by atoms with Crippen LogP contribution in [0.1, 0.15) is 60.0 Å². The van der Waals surface area contributed by atoms with Gasteiger partial charge in [-0.05, 0) is 44.9 Å². The molecule has 0 bridgehead atoms. The van der Waals surface area contributed by atoms with Crippen molar-refractivity contribution < 1.29 is 14.7 Å². The molecule has 0 atom stereocenters. The molecule has 1 saturated heterocycles. The molecule has 29 heavy (non-hydrogen) atoms. The Morgan fingerprint density at radius 3 is 2.48 bits per heavy atom. The van der Waals surface area contributed by atoms with E-state index in [1.54, 1.807) is 0 Å². The number of hydrogen-bond donors (Lipinski definition) is 2. The molecule has 2 amide bonds. The number of aromatic nitrogens is 1. The van der Waals surface area contributed by atoms with E-state index in [1.165, 1.54) is 15.6 Å². The number of carbonyl (C=O) groups excluding carboxylic acids is 1. The van der Waals surface area contributed by atoms with Gasteiger partial charge in [-0.3, -0.25) is 4.79 Å². The van der Waals surface area contributed by atoms with E-state index in [0.717, 1.165) is 64.7 Å². The largest absolute Gasteiger partial charge is 0.481 e. The van der Waals surface area contributed by atoms with Crippen LogP contribution in [0.4, 0.5) is 4.79 Å². The van der Waals surface area contributed by atoms with Gasteiger partial charge in [0.15, 0.2) is 0 Å². The lowest BCUT2D eigenvalue weighted by atomic mass is 9.85. The minimum absolute atomic E-state index is 0.100. The number of thiazole rings is 1. The fourth-order valence-electron chi connectivity index (χ4n) is 4.91. The maximum Gasteiger partial charge on any atom is 0.319 e. The maximum atomic E-state index is 13.0. The van der Waals surface area contributed by atoms with Crippen LogP contribution in [0.5, 0.6) is 0 Å². The summed E-state index contributed by atoms with van der Waals surface area (Å²) in [5.74, 6) is -0.467. The first-order chi connectivity index (χ1) is 14.0. The van der Waals surface area contributed by atoms with Crippen molar-refractivity contribution in [2.45, 2.75) is 63.3 Å². The molecule has 1 aromatic rings. The zero-order chi connectivity index (χ0) is 20.4. The molecule has 4 rings (SSSR count). The van der Waals surface area contributed by atoms with Gasteiger partial charge in [0.05, 0.1) is 16.6 Å². The lowest BCUT2D eigenvalue weighted by Gasteiger charge is -2.39. The highest BCUT2D eigenvalue weighted by Crippen LogP contribution is 2.34. The number of carboxylic acids is 1. The van der Waals surface area contributed by atoms with Crippen molar-refractivity contribution in [2.24, 2.45) is 5.92 Å². The SMILES string of the molecule is CN(C(=O)N1CCC(c2nc3c(s2)CCNCC3)CC1)[C@H]1CC[C@H](C(=O)O)CC1. The highest BCUT2D eigenvalue weighted by molar-refractivity contribution is 7.11. The highest BCUT2D eigenvalue weighted by atomic mass is 32.1. The summed E-state index contributed by atoms with van der Waals surface area (Å²) in [6, 6.07) is 0.266. The summed E-state index contributed by atoms with van der Waals surface area (Å²) in [7, 11) is 1.88. The Morgan fingerprint density at radius 1 is 1.10 bits per heavy atom. The normalized spacial score (nSPS) is 25.9. The Kier molecular flexibility index (Phi) is 6.39. The average Bonchev–Trinajstić information content (AvgIpc) is 3.03. The molecule has 1 aromatic heterocycles. The number of likely N-dealkylation sites (tertiary alicyclic amines) is 1. The minimum Gasteiger partial charge on any atom is -0.481 e. The summed E-state index contributed by atoms with van der Waals surface area (Å²) in [6.07, 6.45) is 6.99. The van der Waals surface area contributed by atoms with Crippen LogP contribution in [0.2, 0.25) is 0 Å². The standard InChI is InChI=1S/C21H32N4O3S/c1-24(16-4-2-15(3-5-16)20(26)27)21(28)25-12-8-14(9-13-25)19-23-17-6-10-22-11-7-18(17)29-19/h14-16,22H,2-13H2,1H3,(H,26,27)/t15-,16-. The first-order valence-electron chi connectivity index (χ1n) is 11.0. The van der Waals surface area contributed by atoms with Crippen molar-refractivity contribution in [1.82, 2.24) is 20.1 Å². The van der Waals surface area contributed by atoms with Crippen molar-refractivity contribution >= 4 is 23.3 Å². The summed E-state index contributed by atoms with van der Waals surface area (Å²) in [5, 5.41) is 13.9. The van der Waals surface area contributed by atoms with Gasteiger partial charge in [-0.2, -0.15) is 0 Å². The number of fused-ring (bicyclic) bond motifs is 1. The number of rotatable bonds is 3. The van der Waals surface area contributed by atoms with Crippen molar-refractivity contribution in [3.63, 3.8) is 0 Å². The van der Waals surface area contributed by atoms with E-state index in [0.29, 0.717) is 18.8 Å². The van der Waals surface area contributed by atoms with Crippen LogP contribution in [0.25, 0.3) is 0 Å². The predicted molar refractivity (Wildman–Crippen MR) is 112 cm³/mol. The number of aliphatic carboxylic acids is 1. The molecule has 0 radical (unpaired) electrons. The molecule has 3 heterocycles. The van der Waals surface area contributed by atoms with E-state index in [9.17, 15) is 9.59 Å². The summed E-state index contributed by atoms with van der Waals surface area (Å²) in [6.45, 7) is 3.63. The number of nitrogens with zero attached hydrogens (tertiary/aromatic N) is 3. The molecule has 1 saturated carbocycles. The molecule has 3 aliphatic rings. The van der Waals surface area contributed by atoms with Crippen molar-refractivity contribution in [2.75, 3.05) is 33.2 Å². The molecule has 7 nitrogen and oxygen atoms in total. The van der Waals surface area contributed by atoms with Crippen LogP contribution in [0.15, 0.2) is 0 Å². The van der Waals surface area contributed by atoms with Gasteiger partial charge >= 0.3 is 12.0 Å². The van der Waals surface area contributed by atoms with Crippen LogP contribution >= 0.6 is 11.3 Å². The van der Waals surface area contributed by atoms with Gasteiger partial charge in [-0.25, -0.2) is 9.78 Å². The van der Waals surface area contributed by atoms with E-state index in [4.69, 9.17) is 10.1 Å². The summed E-state index contributed by atoms with van der Waals surface area (Å²) >= 11 is 1.88. The average molecular weight is 421 g/mol. The van der Waals surface area contributed by atoms with E-state index < -0.39 is 5.97 Å². The molecular weight excluding hydrogens is 388 g/mol. The monoisotopic (exact) mass is 420 g/mol. The van der Waals surface area contributed by atoms with Gasteiger partial charge in [0.1, 0.15) is 0 Å². The number of carbonyl (C=O) groups is 2. The number of hydrogen-bond acceptors (Lipinski definition) is 5. The van der Waals surface area contributed by atoms with Crippen LogP contribution < -0.4 is 5.32 Å². The van der Waals surface area contributed by atoms with Gasteiger partial charge in [-0.1, -0.05) is 0 Å². The zero-order valence-electron chi connectivity index (χ0n) is 17.2. The van der Waals surface area contributed by atoms with Crippen molar-refractivity contribution in [3.8, 4) is 0 Å². The summed E-state index contributed by atoms with van der Waals surface area (Å²) in [5.41, 5.74) is 1.28.